The van der Waals surface area contributed by atoms with Crippen LogP contribution in [0.15, 0.2) is 29.3 Å². The molecule has 80 valence electrons. The van der Waals surface area contributed by atoms with E-state index in [9.17, 15) is 4.39 Å². The van der Waals surface area contributed by atoms with Crippen molar-refractivity contribution < 1.29 is 4.39 Å². The first-order valence-electron chi connectivity index (χ1n) is 5.35. The molecule has 0 aromatic heterocycles. The lowest BCUT2D eigenvalue weighted by Gasteiger charge is -2.07. The number of halogens is 1. The number of hydrogen-bond donors (Lipinski definition) is 1. The highest BCUT2D eigenvalue weighted by atomic mass is 19.1. The Kier molecular flexibility index (Phi) is 2.99. The number of benzene rings is 1. The molecule has 0 amide bonds. The molecule has 0 heterocycles. The quantitative estimate of drug-likeness (QED) is 0.586. The van der Waals surface area contributed by atoms with E-state index in [-0.39, 0.29) is 5.82 Å². The molecule has 1 aliphatic carbocycles. The third-order valence-corrected chi connectivity index (χ3v) is 2.86. The first kappa shape index (κ1) is 10.1. The first-order chi connectivity index (χ1) is 7.25. The van der Waals surface area contributed by atoms with Gasteiger partial charge in [0.15, 0.2) is 0 Å². The maximum Gasteiger partial charge on any atom is 0.123 e. The standard InChI is InChI=1S/C12H15FN2/c13-10-5-7-11(8-6-10)15-12(14)9-3-1-2-4-9/h5-9H,1-4H2,(H2,14,15). The molecule has 1 fully saturated rings. The van der Waals surface area contributed by atoms with Gasteiger partial charge in [-0.1, -0.05) is 12.8 Å². The van der Waals surface area contributed by atoms with E-state index in [4.69, 9.17) is 5.73 Å². The molecular weight excluding hydrogens is 191 g/mol. The van der Waals surface area contributed by atoms with Crippen LogP contribution in [-0.2, 0) is 0 Å². The van der Waals surface area contributed by atoms with Gasteiger partial charge >= 0.3 is 0 Å². The highest BCUT2D eigenvalue weighted by Crippen LogP contribution is 2.26. The smallest absolute Gasteiger partial charge is 0.123 e. The fourth-order valence-electron chi connectivity index (χ4n) is 1.98. The highest BCUT2D eigenvalue weighted by molar-refractivity contribution is 5.85. The zero-order valence-electron chi connectivity index (χ0n) is 8.62. The minimum Gasteiger partial charge on any atom is -0.387 e. The monoisotopic (exact) mass is 206 g/mol. The van der Waals surface area contributed by atoms with Gasteiger partial charge in [0.2, 0.25) is 0 Å². The number of aliphatic imine (C=N–C) groups is 1. The summed E-state index contributed by atoms with van der Waals surface area (Å²) in [6, 6.07) is 6.11. The fraction of sp³-hybridized carbons (Fsp3) is 0.417. The Morgan fingerprint density at radius 2 is 1.80 bits per heavy atom. The van der Waals surface area contributed by atoms with Crippen molar-refractivity contribution >= 4 is 11.5 Å². The van der Waals surface area contributed by atoms with Crippen molar-refractivity contribution in [3.63, 3.8) is 0 Å². The molecule has 1 saturated carbocycles. The summed E-state index contributed by atoms with van der Waals surface area (Å²) in [5.74, 6) is 0.877. The van der Waals surface area contributed by atoms with Crippen LogP contribution < -0.4 is 5.73 Å². The van der Waals surface area contributed by atoms with E-state index in [1.165, 1.54) is 25.0 Å². The zero-order valence-corrected chi connectivity index (χ0v) is 8.62. The van der Waals surface area contributed by atoms with Crippen LogP contribution in [0.5, 0.6) is 0 Å². The molecule has 2 N–H and O–H groups in total. The van der Waals surface area contributed by atoms with Crippen molar-refractivity contribution in [1.82, 2.24) is 0 Å². The van der Waals surface area contributed by atoms with E-state index in [0.717, 1.165) is 18.5 Å². The number of rotatable bonds is 2. The van der Waals surface area contributed by atoms with Crippen LogP contribution in [0.1, 0.15) is 25.7 Å². The van der Waals surface area contributed by atoms with Crippen LogP contribution in [0.3, 0.4) is 0 Å². The molecule has 2 nitrogen and oxygen atoms in total. The number of nitrogens with zero attached hydrogens (tertiary/aromatic N) is 1. The van der Waals surface area contributed by atoms with Crippen LogP contribution in [0.4, 0.5) is 10.1 Å². The van der Waals surface area contributed by atoms with Gasteiger partial charge in [0.25, 0.3) is 0 Å². The van der Waals surface area contributed by atoms with E-state index in [2.05, 4.69) is 4.99 Å². The van der Waals surface area contributed by atoms with E-state index >= 15 is 0 Å². The third-order valence-electron chi connectivity index (χ3n) is 2.86. The van der Waals surface area contributed by atoms with Crippen LogP contribution in [0.25, 0.3) is 0 Å². The van der Waals surface area contributed by atoms with Gasteiger partial charge in [-0.05, 0) is 37.1 Å². The summed E-state index contributed by atoms with van der Waals surface area (Å²) in [7, 11) is 0. The van der Waals surface area contributed by atoms with Crippen molar-refractivity contribution in [2.24, 2.45) is 16.6 Å². The van der Waals surface area contributed by atoms with Crippen LogP contribution >= 0.6 is 0 Å². The topological polar surface area (TPSA) is 38.4 Å². The third kappa shape index (κ3) is 2.55. The van der Waals surface area contributed by atoms with E-state index in [1.54, 1.807) is 12.1 Å². The van der Waals surface area contributed by atoms with Crippen molar-refractivity contribution in [3.8, 4) is 0 Å². The van der Waals surface area contributed by atoms with Crippen LogP contribution in [0, 0.1) is 11.7 Å². The Morgan fingerprint density at radius 1 is 1.20 bits per heavy atom. The minimum absolute atomic E-state index is 0.242. The Morgan fingerprint density at radius 3 is 2.40 bits per heavy atom. The minimum atomic E-state index is -0.242. The molecule has 15 heavy (non-hydrogen) atoms. The highest BCUT2D eigenvalue weighted by Gasteiger charge is 2.18. The van der Waals surface area contributed by atoms with Crippen LogP contribution in [-0.4, -0.2) is 5.84 Å². The number of hydrogen-bond acceptors (Lipinski definition) is 1. The summed E-state index contributed by atoms with van der Waals surface area (Å²) in [4.78, 5) is 4.31. The Hall–Kier alpha value is -1.38. The maximum absolute atomic E-state index is 12.6. The molecule has 0 unspecified atom stereocenters. The van der Waals surface area contributed by atoms with E-state index in [0.29, 0.717) is 11.8 Å². The molecule has 0 spiro atoms. The summed E-state index contributed by atoms with van der Waals surface area (Å²) in [5, 5.41) is 0. The maximum atomic E-state index is 12.6. The van der Waals surface area contributed by atoms with Crippen molar-refractivity contribution in [2.75, 3.05) is 0 Å². The summed E-state index contributed by atoms with van der Waals surface area (Å²) in [6.07, 6.45) is 4.75. The van der Waals surface area contributed by atoms with Gasteiger partial charge in [0.05, 0.1) is 5.69 Å². The van der Waals surface area contributed by atoms with E-state index < -0.39 is 0 Å². The molecule has 3 heteroatoms. The van der Waals surface area contributed by atoms with Crippen molar-refractivity contribution in [1.29, 1.82) is 0 Å². The van der Waals surface area contributed by atoms with Crippen molar-refractivity contribution in [3.05, 3.63) is 30.1 Å². The second kappa shape index (κ2) is 4.43. The zero-order chi connectivity index (χ0) is 10.7. The molecule has 1 aromatic rings. The molecule has 0 saturated heterocycles. The molecular formula is C12H15FN2. The Labute approximate surface area is 89.0 Å². The van der Waals surface area contributed by atoms with Gasteiger partial charge in [-0.15, -0.1) is 0 Å². The summed E-state index contributed by atoms with van der Waals surface area (Å²) in [5.41, 5.74) is 6.64. The number of nitrogens with two attached hydrogens (primary N) is 1. The average Bonchev–Trinajstić information content (AvgIpc) is 2.74. The summed E-state index contributed by atoms with van der Waals surface area (Å²) in [6.45, 7) is 0. The molecule has 1 aromatic carbocycles. The van der Waals surface area contributed by atoms with Gasteiger partial charge in [-0.2, -0.15) is 0 Å². The Balaban J connectivity index is 2.11. The predicted octanol–water partition coefficient (Wildman–Crippen LogP) is 3.00. The molecule has 2 rings (SSSR count). The van der Waals surface area contributed by atoms with Gasteiger partial charge in [0, 0.05) is 5.92 Å². The number of amidine groups is 1. The molecule has 0 bridgehead atoms. The molecule has 0 atom stereocenters. The second-order valence-corrected chi connectivity index (χ2v) is 3.99. The fourth-order valence-corrected chi connectivity index (χ4v) is 1.98. The molecule has 1 aliphatic rings. The first-order valence-corrected chi connectivity index (χ1v) is 5.35. The normalized spacial score (nSPS) is 18.3. The largest absolute Gasteiger partial charge is 0.387 e. The SMILES string of the molecule is NC(=Nc1ccc(F)cc1)C1CCCC1. The summed E-state index contributed by atoms with van der Waals surface area (Å²) < 4.78 is 12.6. The lowest BCUT2D eigenvalue weighted by Crippen LogP contribution is -2.20. The van der Waals surface area contributed by atoms with Crippen molar-refractivity contribution in [2.45, 2.75) is 25.7 Å². The Bertz CT molecular complexity index is 350. The predicted molar refractivity (Wildman–Crippen MR) is 59.6 cm³/mol. The molecule has 0 radical (unpaired) electrons. The lowest BCUT2D eigenvalue weighted by atomic mass is 10.1. The summed E-state index contributed by atoms with van der Waals surface area (Å²) >= 11 is 0. The molecule has 0 aliphatic heterocycles. The lowest BCUT2D eigenvalue weighted by molar-refractivity contribution is 0.628. The van der Waals surface area contributed by atoms with Gasteiger partial charge < -0.3 is 5.73 Å². The van der Waals surface area contributed by atoms with Crippen LogP contribution in [0.2, 0.25) is 0 Å². The second-order valence-electron chi connectivity index (χ2n) is 3.99. The average molecular weight is 206 g/mol. The van der Waals surface area contributed by atoms with Gasteiger partial charge in [0.1, 0.15) is 11.7 Å². The van der Waals surface area contributed by atoms with E-state index in [1.807, 2.05) is 0 Å². The van der Waals surface area contributed by atoms with Gasteiger partial charge in [-0.25, -0.2) is 9.38 Å². The van der Waals surface area contributed by atoms with Gasteiger partial charge in [-0.3, -0.25) is 0 Å².